The molecule has 0 aromatic rings. The molecule has 0 spiro atoms. The molecule has 0 fully saturated rings. The first-order valence-electron chi connectivity index (χ1n) is 2.35. The Kier molecular flexibility index (Phi) is 0.698. The van der Waals surface area contributed by atoms with E-state index in [1.165, 1.54) is 0 Å². The molecular formula is C4H9N3. The number of nitrogens with zero attached hydrogens (tertiary/aromatic N) is 2. The highest BCUT2D eigenvalue weighted by Crippen LogP contribution is 2.28. The average Bonchev–Trinajstić information content (AvgIpc) is 2.21. The summed E-state index contributed by atoms with van der Waals surface area (Å²) in [5, 5.41) is 7.47. The standard InChI is InChI=1S/C4H9N3/c1-3(5)4(2)6-7-4/h3H,5H2,1-2H3/t3-/m1/s1. The minimum Gasteiger partial charge on any atom is -0.324 e. The molecule has 40 valence electrons. The van der Waals surface area contributed by atoms with Crippen LogP contribution in [0.5, 0.6) is 0 Å². The van der Waals surface area contributed by atoms with Crippen LogP contribution in [0.2, 0.25) is 0 Å². The van der Waals surface area contributed by atoms with Gasteiger partial charge in [0.15, 0.2) is 0 Å². The Hall–Kier alpha value is -0.440. The number of nitrogens with two attached hydrogens (primary N) is 1. The molecule has 0 aromatic carbocycles. The predicted octanol–water partition coefficient (Wildman–Crippen LogP) is 0.516. The van der Waals surface area contributed by atoms with Crippen molar-refractivity contribution in [2.24, 2.45) is 16.0 Å². The second kappa shape index (κ2) is 1.04. The Bertz CT molecular complexity index is 99.5. The van der Waals surface area contributed by atoms with Gasteiger partial charge in [-0.05, 0) is 13.8 Å². The van der Waals surface area contributed by atoms with Crippen molar-refractivity contribution in [2.45, 2.75) is 25.6 Å². The Balaban J connectivity index is 2.41. The van der Waals surface area contributed by atoms with Crippen LogP contribution in [-0.2, 0) is 0 Å². The minimum atomic E-state index is -0.222. The zero-order valence-electron chi connectivity index (χ0n) is 4.55. The summed E-state index contributed by atoms with van der Waals surface area (Å²) in [5.41, 5.74) is 5.22. The van der Waals surface area contributed by atoms with E-state index in [0.717, 1.165) is 0 Å². The fraction of sp³-hybridized carbons (Fsp3) is 1.00. The number of hydrogen-bond donors (Lipinski definition) is 1. The van der Waals surface area contributed by atoms with Crippen molar-refractivity contribution < 1.29 is 0 Å². The molecule has 0 aromatic heterocycles. The van der Waals surface area contributed by atoms with E-state index in [9.17, 15) is 0 Å². The second-order valence-corrected chi connectivity index (χ2v) is 2.08. The summed E-state index contributed by atoms with van der Waals surface area (Å²) >= 11 is 0. The Morgan fingerprint density at radius 2 is 2.00 bits per heavy atom. The molecule has 0 aliphatic carbocycles. The van der Waals surface area contributed by atoms with Crippen LogP contribution < -0.4 is 5.73 Å². The summed E-state index contributed by atoms with van der Waals surface area (Å²) < 4.78 is 0. The molecule has 0 unspecified atom stereocenters. The SMILES string of the molecule is C[C@@H](N)C1(C)N=N1. The van der Waals surface area contributed by atoms with Gasteiger partial charge in [0.25, 0.3) is 0 Å². The number of hydrogen-bond acceptors (Lipinski definition) is 3. The molecular weight excluding hydrogens is 90.1 g/mol. The van der Waals surface area contributed by atoms with Crippen molar-refractivity contribution in [3.05, 3.63) is 0 Å². The molecule has 1 heterocycles. The van der Waals surface area contributed by atoms with E-state index in [4.69, 9.17) is 5.73 Å². The highest BCUT2D eigenvalue weighted by atomic mass is 15.4. The quantitative estimate of drug-likeness (QED) is 0.511. The van der Waals surface area contributed by atoms with Crippen LogP contribution in [0.4, 0.5) is 0 Å². The lowest BCUT2D eigenvalue weighted by Crippen LogP contribution is -2.31. The zero-order chi connectivity index (χ0) is 5.49. The molecule has 0 saturated carbocycles. The minimum absolute atomic E-state index is 0.0764. The first-order chi connectivity index (χ1) is 3.15. The molecule has 3 nitrogen and oxygen atoms in total. The van der Waals surface area contributed by atoms with Gasteiger partial charge in [-0.1, -0.05) is 0 Å². The van der Waals surface area contributed by atoms with E-state index in [2.05, 4.69) is 10.2 Å². The summed E-state index contributed by atoms with van der Waals surface area (Å²) in [6.45, 7) is 3.82. The van der Waals surface area contributed by atoms with Crippen molar-refractivity contribution in [1.82, 2.24) is 0 Å². The van der Waals surface area contributed by atoms with Crippen molar-refractivity contribution in [2.75, 3.05) is 0 Å². The third kappa shape index (κ3) is 0.632. The molecule has 0 saturated heterocycles. The third-order valence-electron chi connectivity index (χ3n) is 1.28. The van der Waals surface area contributed by atoms with Gasteiger partial charge in [-0.15, -0.1) is 0 Å². The van der Waals surface area contributed by atoms with Gasteiger partial charge in [0.2, 0.25) is 5.66 Å². The molecule has 1 aliphatic heterocycles. The lowest BCUT2D eigenvalue weighted by molar-refractivity contribution is 0.542. The molecule has 0 radical (unpaired) electrons. The summed E-state index contributed by atoms with van der Waals surface area (Å²) in [6.07, 6.45) is 0. The average molecular weight is 99.1 g/mol. The second-order valence-electron chi connectivity index (χ2n) is 2.08. The Labute approximate surface area is 42.6 Å². The van der Waals surface area contributed by atoms with Gasteiger partial charge in [0.05, 0.1) is 6.04 Å². The molecule has 1 atom stereocenters. The Morgan fingerprint density at radius 1 is 1.57 bits per heavy atom. The van der Waals surface area contributed by atoms with Crippen LogP contribution in [0.15, 0.2) is 10.2 Å². The van der Waals surface area contributed by atoms with E-state index in [1.54, 1.807) is 0 Å². The van der Waals surface area contributed by atoms with E-state index in [1.807, 2.05) is 13.8 Å². The normalized spacial score (nSPS) is 27.3. The monoisotopic (exact) mass is 99.1 g/mol. The van der Waals surface area contributed by atoms with Crippen LogP contribution >= 0.6 is 0 Å². The van der Waals surface area contributed by atoms with Gasteiger partial charge in [0, 0.05) is 0 Å². The van der Waals surface area contributed by atoms with Gasteiger partial charge in [-0.25, -0.2) is 0 Å². The summed E-state index contributed by atoms with van der Waals surface area (Å²) in [5.74, 6) is 0. The molecule has 7 heavy (non-hydrogen) atoms. The Morgan fingerprint density at radius 3 is 2.00 bits per heavy atom. The molecule has 1 rings (SSSR count). The van der Waals surface area contributed by atoms with Crippen molar-refractivity contribution >= 4 is 0 Å². The van der Waals surface area contributed by atoms with Gasteiger partial charge in [-0.3, -0.25) is 0 Å². The molecule has 1 aliphatic rings. The van der Waals surface area contributed by atoms with Crippen LogP contribution in [0.1, 0.15) is 13.8 Å². The zero-order valence-corrected chi connectivity index (χ0v) is 4.55. The molecule has 0 bridgehead atoms. The van der Waals surface area contributed by atoms with Crippen LogP contribution in [0.25, 0.3) is 0 Å². The third-order valence-corrected chi connectivity index (χ3v) is 1.28. The maximum absolute atomic E-state index is 5.44. The van der Waals surface area contributed by atoms with Gasteiger partial charge in [0.1, 0.15) is 0 Å². The van der Waals surface area contributed by atoms with Gasteiger partial charge < -0.3 is 5.73 Å². The van der Waals surface area contributed by atoms with Crippen molar-refractivity contribution in [1.29, 1.82) is 0 Å². The molecule has 0 amide bonds. The van der Waals surface area contributed by atoms with E-state index >= 15 is 0 Å². The van der Waals surface area contributed by atoms with Crippen molar-refractivity contribution in [3.8, 4) is 0 Å². The number of rotatable bonds is 1. The predicted molar refractivity (Wildman–Crippen MR) is 26.9 cm³/mol. The van der Waals surface area contributed by atoms with Gasteiger partial charge >= 0.3 is 0 Å². The fourth-order valence-electron chi connectivity index (χ4n) is 0.261. The van der Waals surface area contributed by atoms with E-state index in [0.29, 0.717) is 0 Å². The first kappa shape index (κ1) is 4.71. The smallest absolute Gasteiger partial charge is 0.202 e. The molecule has 3 heteroatoms. The van der Waals surface area contributed by atoms with Gasteiger partial charge in [-0.2, -0.15) is 10.2 Å². The van der Waals surface area contributed by atoms with Crippen molar-refractivity contribution in [3.63, 3.8) is 0 Å². The maximum atomic E-state index is 5.44. The highest BCUT2D eigenvalue weighted by molar-refractivity contribution is 4.95. The largest absolute Gasteiger partial charge is 0.324 e. The highest BCUT2D eigenvalue weighted by Gasteiger charge is 2.37. The lowest BCUT2D eigenvalue weighted by atomic mass is 10.1. The summed E-state index contributed by atoms with van der Waals surface area (Å²) in [7, 11) is 0. The maximum Gasteiger partial charge on any atom is 0.202 e. The van der Waals surface area contributed by atoms with E-state index in [-0.39, 0.29) is 11.7 Å². The van der Waals surface area contributed by atoms with Crippen LogP contribution in [0.3, 0.4) is 0 Å². The molecule has 2 N–H and O–H groups in total. The lowest BCUT2D eigenvalue weighted by Gasteiger charge is -2.04. The van der Waals surface area contributed by atoms with Crippen LogP contribution in [-0.4, -0.2) is 11.7 Å². The first-order valence-corrected chi connectivity index (χ1v) is 2.35. The summed E-state index contributed by atoms with van der Waals surface area (Å²) in [4.78, 5) is 0. The fourth-order valence-corrected chi connectivity index (χ4v) is 0.261. The van der Waals surface area contributed by atoms with Crippen LogP contribution in [0, 0.1) is 0 Å². The topological polar surface area (TPSA) is 50.7 Å². The summed E-state index contributed by atoms with van der Waals surface area (Å²) in [6, 6.07) is 0.0764. The van der Waals surface area contributed by atoms with E-state index < -0.39 is 0 Å².